The van der Waals surface area contributed by atoms with Crippen molar-refractivity contribution >= 4 is 23.2 Å². The summed E-state index contributed by atoms with van der Waals surface area (Å²) in [6, 6.07) is 13.7. The van der Waals surface area contributed by atoms with Crippen molar-refractivity contribution in [2.75, 3.05) is 0 Å². The zero-order valence-electron chi connectivity index (χ0n) is 10.9. The van der Waals surface area contributed by atoms with Crippen molar-refractivity contribution in [3.63, 3.8) is 0 Å². The molecule has 1 aliphatic rings. The van der Waals surface area contributed by atoms with E-state index in [4.69, 9.17) is 27.9 Å². The molecule has 104 valence electrons. The van der Waals surface area contributed by atoms with E-state index in [9.17, 15) is 0 Å². The van der Waals surface area contributed by atoms with Gasteiger partial charge in [-0.15, -0.1) is 0 Å². The average Bonchev–Trinajstić information content (AvgIpc) is 3.22. The molecule has 0 heterocycles. The zero-order valence-corrected chi connectivity index (χ0v) is 12.4. The molecule has 0 atom stereocenters. The van der Waals surface area contributed by atoms with Gasteiger partial charge in [-0.3, -0.25) is 0 Å². The lowest BCUT2D eigenvalue weighted by atomic mass is 10.2. The molecular weight excluding hydrogens is 293 g/mol. The van der Waals surface area contributed by atoms with E-state index in [0.29, 0.717) is 21.8 Å². The molecule has 4 heteroatoms. The van der Waals surface area contributed by atoms with Crippen molar-refractivity contribution in [3.05, 3.63) is 58.1 Å². The van der Waals surface area contributed by atoms with Gasteiger partial charge in [0.1, 0.15) is 11.5 Å². The maximum atomic E-state index is 6.06. The van der Waals surface area contributed by atoms with Crippen LogP contribution in [0.1, 0.15) is 18.4 Å². The summed E-state index contributed by atoms with van der Waals surface area (Å²) in [4.78, 5) is 0. The van der Waals surface area contributed by atoms with Crippen LogP contribution in [0, 0.1) is 0 Å². The van der Waals surface area contributed by atoms with Crippen LogP contribution in [-0.4, -0.2) is 6.04 Å². The summed E-state index contributed by atoms with van der Waals surface area (Å²) in [5, 5.41) is 4.80. The molecule has 2 nitrogen and oxygen atoms in total. The van der Waals surface area contributed by atoms with Crippen LogP contribution in [-0.2, 0) is 6.54 Å². The van der Waals surface area contributed by atoms with Gasteiger partial charge in [0, 0.05) is 28.2 Å². The Kier molecular flexibility index (Phi) is 4.16. The monoisotopic (exact) mass is 307 g/mol. The maximum Gasteiger partial charge on any atom is 0.133 e. The Balaban J connectivity index is 1.80. The fourth-order valence-corrected chi connectivity index (χ4v) is 2.31. The molecule has 0 unspecified atom stereocenters. The van der Waals surface area contributed by atoms with Crippen molar-refractivity contribution in [1.82, 2.24) is 5.32 Å². The van der Waals surface area contributed by atoms with Crippen molar-refractivity contribution in [1.29, 1.82) is 0 Å². The quantitative estimate of drug-likeness (QED) is 0.835. The average molecular weight is 308 g/mol. The first-order valence-electron chi connectivity index (χ1n) is 6.66. The van der Waals surface area contributed by atoms with Gasteiger partial charge in [0.05, 0.1) is 0 Å². The Labute approximate surface area is 128 Å². The van der Waals surface area contributed by atoms with Gasteiger partial charge in [-0.2, -0.15) is 0 Å². The van der Waals surface area contributed by atoms with Crippen LogP contribution in [0.5, 0.6) is 11.5 Å². The molecular formula is C16H15Cl2NO. The molecule has 0 aromatic heterocycles. The van der Waals surface area contributed by atoms with Crippen LogP contribution in [0.25, 0.3) is 0 Å². The van der Waals surface area contributed by atoms with Crippen molar-refractivity contribution in [3.8, 4) is 11.5 Å². The van der Waals surface area contributed by atoms with Gasteiger partial charge in [0.25, 0.3) is 0 Å². The van der Waals surface area contributed by atoms with Gasteiger partial charge in [0.2, 0.25) is 0 Å². The summed E-state index contributed by atoms with van der Waals surface area (Å²) < 4.78 is 5.91. The van der Waals surface area contributed by atoms with Gasteiger partial charge in [-0.25, -0.2) is 0 Å². The predicted octanol–water partition coefficient (Wildman–Crippen LogP) is 5.04. The molecule has 2 aromatic rings. The number of rotatable bonds is 5. The van der Waals surface area contributed by atoms with E-state index in [1.54, 1.807) is 6.07 Å². The molecule has 1 saturated carbocycles. The van der Waals surface area contributed by atoms with Crippen LogP contribution >= 0.6 is 23.2 Å². The number of nitrogens with one attached hydrogen (secondary N) is 1. The standard InChI is InChI=1S/C16H15Cl2NO/c17-12-2-1-3-15(8-12)20-16-9-13(18)5-4-11(16)10-19-14-6-7-14/h1-5,8-9,14,19H,6-7,10H2. The Morgan fingerprint density at radius 2 is 1.85 bits per heavy atom. The second kappa shape index (κ2) is 6.04. The molecule has 1 aliphatic carbocycles. The molecule has 0 aliphatic heterocycles. The molecule has 1 N–H and O–H groups in total. The lowest BCUT2D eigenvalue weighted by Gasteiger charge is -2.12. The lowest BCUT2D eigenvalue weighted by Crippen LogP contribution is -2.15. The van der Waals surface area contributed by atoms with Crippen molar-refractivity contribution in [2.24, 2.45) is 0 Å². The Morgan fingerprint density at radius 1 is 1.05 bits per heavy atom. The van der Waals surface area contributed by atoms with E-state index < -0.39 is 0 Å². The SMILES string of the molecule is Clc1cccc(Oc2cc(Cl)ccc2CNC2CC2)c1. The van der Waals surface area contributed by atoms with E-state index in [0.717, 1.165) is 17.9 Å². The van der Waals surface area contributed by atoms with E-state index in [-0.39, 0.29) is 0 Å². The summed E-state index contributed by atoms with van der Waals surface area (Å²) in [5.74, 6) is 1.49. The van der Waals surface area contributed by atoms with Crippen LogP contribution in [0.4, 0.5) is 0 Å². The Hall–Kier alpha value is -1.22. The molecule has 0 bridgehead atoms. The molecule has 0 saturated heterocycles. The second-order valence-corrected chi connectivity index (χ2v) is 5.84. The second-order valence-electron chi connectivity index (χ2n) is 4.97. The Bertz CT molecular complexity index is 611. The minimum absolute atomic E-state index is 0.655. The first-order chi connectivity index (χ1) is 9.70. The normalized spacial score (nSPS) is 14.3. The van der Waals surface area contributed by atoms with Crippen LogP contribution < -0.4 is 10.1 Å². The number of benzene rings is 2. The zero-order chi connectivity index (χ0) is 13.9. The fourth-order valence-electron chi connectivity index (χ4n) is 1.97. The largest absolute Gasteiger partial charge is 0.457 e. The van der Waals surface area contributed by atoms with Crippen molar-refractivity contribution < 1.29 is 4.74 Å². The summed E-state index contributed by atoms with van der Waals surface area (Å²) in [6.07, 6.45) is 2.52. The molecule has 1 fully saturated rings. The van der Waals surface area contributed by atoms with E-state index >= 15 is 0 Å². The predicted molar refractivity (Wildman–Crippen MR) is 82.8 cm³/mol. The van der Waals surface area contributed by atoms with Gasteiger partial charge in [-0.1, -0.05) is 35.3 Å². The molecule has 20 heavy (non-hydrogen) atoms. The minimum atomic E-state index is 0.655. The summed E-state index contributed by atoms with van der Waals surface area (Å²) >= 11 is 12.0. The molecule has 2 aromatic carbocycles. The summed E-state index contributed by atoms with van der Waals surface area (Å²) in [6.45, 7) is 0.789. The highest BCUT2D eigenvalue weighted by Crippen LogP contribution is 2.30. The van der Waals surface area contributed by atoms with Gasteiger partial charge in [-0.05, 0) is 43.2 Å². The molecule has 3 rings (SSSR count). The van der Waals surface area contributed by atoms with Gasteiger partial charge in [0.15, 0.2) is 0 Å². The van der Waals surface area contributed by atoms with Crippen LogP contribution in [0.2, 0.25) is 10.0 Å². The highest BCUT2D eigenvalue weighted by molar-refractivity contribution is 6.31. The summed E-state index contributed by atoms with van der Waals surface area (Å²) in [7, 11) is 0. The number of hydrogen-bond acceptors (Lipinski definition) is 2. The third kappa shape index (κ3) is 3.66. The van der Waals surface area contributed by atoms with Crippen LogP contribution in [0.3, 0.4) is 0 Å². The number of ether oxygens (including phenoxy) is 1. The molecule has 0 amide bonds. The smallest absolute Gasteiger partial charge is 0.133 e. The topological polar surface area (TPSA) is 21.3 Å². The highest BCUT2D eigenvalue weighted by Gasteiger charge is 2.20. The third-order valence-corrected chi connectivity index (χ3v) is 3.68. The third-order valence-electron chi connectivity index (χ3n) is 3.21. The number of hydrogen-bond donors (Lipinski definition) is 1. The van der Waals surface area contributed by atoms with E-state index in [1.165, 1.54) is 12.8 Å². The van der Waals surface area contributed by atoms with Gasteiger partial charge < -0.3 is 10.1 Å². The van der Waals surface area contributed by atoms with Crippen molar-refractivity contribution in [2.45, 2.75) is 25.4 Å². The maximum absolute atomic E-state index is 6.06. The fraction of sp³-hybridized carbons (Fsp3) is 0.250. The minimum Gasteiger partial charge on any atom is -0.457 e. The first kappa shape index (κ1) is 13.7. The van der Waals surface area contributed by atoms with Crippen LogP contribution in [0.15, 0.2) is 42.5 Å². The summed E-state index contributed by atoms with van der Waals surface area (Å²) in [5.41, 5.74) is 1.10. The lowest BCUT2D eigenvalue weighted by molar-refractivity contribution is 0.472. The Morgan fingerprint density at radius 3 is 2.60 bits per heavy atom. The highest BCUT2D eigenvalue weighted by atomic mass is 35.5. The molecule has 0 radical (unpaired) electrons. The first-order valence-corrected chi connectivity index (χ1v) is 7.41. The van der Waals surface area contributed by atoms with E-state index in [2.05, 4.69) is 5.32 Å². The van der Waals surface area contributed by atoms with Gasteiger partial charge >= 0.3 is 0 Å². The molecule has 0 spiro atoms. The number of halogens is 2. The van der Waals surface area contributed by atoms with E-state index in [1.807, 2.05) is 36.4 Å².